The molecular weight excluding hydrogens is 176 g/mol. The van der Waals surface area contributed by atoms with Gasteiger partial charge in [0.05, 0.1) is 18.1 Å². The highest BCUT2D eigenvalue weighted by atomic mass is 15.0. The van der Waals surface area contributed by atoms with E-state index in [-0.39, 0.29) is 0 Å². The molecule has 0 fully saturated rings. The molecule has 1 aromatic rings. The Balaban J connectivity index is 2.50. The van der Waals surface area contributed by atoms with E-state index >= 15 is 0 Å². The van der Waals surface area contributed by atoms with Crippen molar-refractivity contribution in [3.8, 4) is 0 Å². The summed E-state index contributed by atoms with van der Waals surface area (Å²) in [5.41, 5.74) is 0.973. The summed E-state index contributed by atoms with van der Waals surface area (Å²) in [5.74, 6) is 0.834. The molecule has 0 aliphatic carbocycles. The molecule has 14 heavy (non-hydrogen) atoms. The van der Waals surface area contributed by atoms with Crippen LogP contribution in [0.25, 0.3) is 0 Å². The lowest BCUT2D eigenvalue weighted by atomic mass is 10.4. The predicted octanol–water partition coefficient (Wildman–Crippen LogP) is 1.41. The van der Waals surface area contributed by atoms with Crippen LogP contribution in [0.4, 0.5) is 5.82 Å². The van der Waals surface area contributed by atoms with Gasteiger partial charge in [0, 0.05) is 12.6 Å². The van der Waals surface area contributed by atoms with Crippen molar-refractivity contribution in [1.29, 1.82) is 0 Å². The minimum Gasteiger partial charge on any atom is -0.367 e. The number of hydrogen-bond acceptors (Lipinski definition) is 4. The molecule has 0 bridgehead atoms. The third kappa shape index (κ3) is 3.70. The van der Waals surface area contributed by atoms with E-state index in [0.717, 1.165) is 24.6 Å². The van der Waals surface area contributed by atoms with Gasteiger partial charge in [0.1, 0.15) is 5.82 Å². The molecule has 0 saturated carbocycles. The zero-order valence-corrected chi connectivity index (χ0v) is 9.04. The lowest BCUT2D eigenvalue weighted by Gasteiger charge is -2.08. The van der Waals surface area contributed by atoms with E-state index in [4.69, 9.17) is 0 Å². The van der Waals surface area contributed by atoms with Crippen molar-refractivity contribution >= 4 is 5.82 Å². The first-order valence-electron chi connectivity index (χ1n) is 5.00. The second-order valence-corrected chi connectivity index (χ2v) is 3.47. The van der Waals surface area contributed by atoms with E-state index in [1.165, 1.54) is 0 Å². The Hall–Kier alpha value is -1.16. The van der Waals surface area contributed by atoms with Crippen LogP contribution in [0.15, 0.2) is 12.4 Å². The number of nitrogens with zero attached hydrogens (tertiary/aromatic N) is 2. The summed E-state index contributed by atoms with van der Waals surface area (Å²) >= 11 is 0. The summed E-state index contributed by atoms with van der Waals surface area (Å²) in [6, 6.07) is 0.393. The third-order valence-corrected chi connectivity index (χ3v) is 1.70. The zero-order chi connectivity index (χ0) is 10.4. The normalized spacial score (nSPS) is 10.6. The van der Waals surface area contributed by atoms with Gasteiger partial charge in [-0.3, -0.25) is 4.98 Å². The highest BCUT2D eigenvalue weighted by Crippen LogP contribution is 2.02. The Morgan fingerprint density at radius 1 is 1.29 bits per heavy atom. The molecule has 78 valence electrons. The van der Waals surface area contributed by atoms with Crippen molar-refractivity contribution in [2.24, 2.45) is 0 Å². The van der Waals surface area contributed by atoms with E-state index in [9.17, 15) is 0 Å². The van der Waals surface area contributed by atoms with Crippen LogP contribution in [0.3, 0.4) is 0 Å². The number of rotatable bonds is 5. The molecule has 0 atom stereocenters. The second-order valence-electron chi connectivity index (χ2n) is 3.47. The van der Waals surface area contributed by atoms with Gasteiger partial charge >= 0.3 is 0 Å². The minimum atomic E-state index is 0.393. The lowest BCUT2D eigenvalue weighted by molar-refractivity contribution is 0.707. The molecule has 0 unspecified atom stereocenters. The maximum absolute atomic E-state index is 4.28. The summed E-state index contributed by atoms with van der Waals surface area (Å²) in [6.45, 7) is 7.96. The summed E-state index contributed by atoms with van der Waals surface area (Å²) in [4.78, 5) is 8.54. The van der Waals surface area contributed by atoms with E-state index < -0.39 is 0 Å². The van der Waals surface area contributed by atoms with Crippen molar-refractivity contribution in [3.05, 3.63) is 18.1 Å². The monoisotopic (exact) mass is 194 g/mol. The van der Waals surface area contributed by atoms with E-state index in [2.05, 4.69) is 41.4 Å². The van der Waals surface area contributed by atoms with Gasteiger partial charge in [-0.1, -0.05) is 6.92 Å². The van der Waals surface area contributed by atoms with Crippen molar-refractivity contribution < 1.29 is 0 Å². The summed E-state index contributed by atoms with van der Waals surface area (Å²) in [7, 11) is 0. The van der Waals surface area contributed by atoms with E-state index in [1.807, 2.05) is 0 Å². The van der Waals surface area contributed by atoms with Crippen molar-refractivity contribution in [2.45, 2.75) is 33.4 Å². The SMILES string of the molecule is CCNCc1cnc(NC(C)C)cn1. The van der Waals surface area contributed by atoms with Gasteiger partial charge in [-0.05, 0) is 20.4 Å². The molecule has 0 radical (unpaired) electrons. The molecule has 4 nitrogen and oxygen atoms in total. The number of hydrogen-bond donors (Lipinski definition) is 2. The standard InChI is InChI=1S/C10H18N4/c1-4-11-5-9-6-13-10(7-12-9)14-8(2)3/h6-8,11H,4-5H2,1-3H3,(H,13,14). The van der Waals surface area contributed by atoms with Gasteiger partial charge in [-0.2, -0.15) is 0 Å². The van der Waals surface area contributed by atoms with Crippen LogP contribution in [0.2, 0.25) is 0 Å². The summed E-state index contributed by atoms with van der Waals surface area (Å²) in [5, 5.41) is 6.40. The molecular formula is C10H18N4. The maximum Gasteiger partial charge on any atom is 0.144 e. The van der Waals surface area contributed by atoms with Crippen LogP contribution in [-0.4, -0.2) is 22.6 Å². The largest absolute Gasteiger partial charge is 0.367 e. The first-order valence-corrected chi connectivity index (χ1v) is 5.00. The van der Waals surface area contributed by atoms with E-state index in [0.29, 0.717) is 6.04 Å². The van der Waals surface area contributed by atoms with E-state index in [1.54, 1.807) is 12.4 Å². The smallest absolute Gasteiger partial charge is 0.144 e. The summed E-state index contributed by atoms with van der Waals surface area (Å²) < 4.78 is 0. The van der Waals surface area contributed by atoms with Gasteiger partial charge in [0.15, 0.2) is 0 Å². The number of anilines is 1. The Kier molecular flexibility index (Phi) is 4.32. The maximum atomic E-state index is 4.28. The first kappa shape index (κ1) is 10.9. The van der Waals surface area contributed by atoms with Crippen molar-refractivity contribution in [2.75, 3.05) is 11.9 Å². The molecule has 0 saturated heterocycles. The van der Waals surface area contributed by atoms with Gasteiger partial charge < -0.3 is 10.6 Å². The Bertz CT molecular complexity index is 255. The third-order valence-electron chi connectivity index (χ3n) is 1.70. The van der Waals surface area contributed by atoms with Crippen molar-refractivity contribution in [3.63, 3.8) is 0 Å². The molecule has 0 amide bonds. The molecule has 0 aromatic carbocycles. The highest BCUT2D eigenvalue weighted by Gasteiger charge is 1.98. The molecule has 4 heteroatoms. The first-order chi connectivity index (χ1) is 6.72. The minimum absolute atomic E-state index is 0.393. The average Bonchev–Trinajstić information content (AvgIpc) is 2.16. The fourth-order valence-electron chi connectivity index (χ4n) is 1.07. The zero-order valence-electron chi connectivity index (χ0n) is 9.04. The number of nitrogens with one attached hydrogen (secondary N) is 2. The van der Waals surface area contributed by atoms with Crippen LogP contribution < -0.4 is 10.6 Å². The van der Waals surface area contributed by atoms with Gasteiger partial charge in [0.25, 0.3) is 0 Å². The quantitative estimate of drug-likeness (QED) is 0.744. The van der Waals surface area contributed by atoms with Crippen LogP contribution in [0.1, 0.15) is 26.5 Å². The fourth-order valence-corrected chi connectivity index (χ4v) is 1.07. The topological polar surface area (TPSA) is 49.8 Å². The summed E-state index contributed by atoms with van der Waals surface area (Å²) in [6.07, 6.45) is 3.57. The Morgan fingerprint density at radius 2 is 2.07 bits per heavy atom. The van der Waals surface area contributed by atoms with Crippen LogP contribution in [-0.2, 0) is 6.54 Å². The van der Waals surface area contributed by atoms with Crippen molar-refractivity contribution in [1.82, 2.24) is 15.3 Å². The molecule has 2 N–H and O–H groups in total. The fraction of sp³-hybridized carbons (Fsp3) is 0.600. The Morgan fingerprint density at radius 3 is 2.57 bits per heavy atom. The second kappa shape index (κ2) is 5.54. The van der Waals surface area contributed by atoms with Crippen LogP contribution in [0.5, 0.6) is 0 Å². The molecule has 1 aromatic heterocycles. The highest BCUT2D eigenvalue weighted by molar-refractivity contribution is 5.31. The van der Waals surface area contributed by atoms with Crippen LogP contribution in [0, 0.1) is 0 Å². The van der Waals surface area contributed by atoms with Gasteiger partial charge in [-0.25, -0.2) is 4.98 Å². The Labute approximate surface area is 85.2 Å². The van der Waals surface area contributed by atoms with Crippen LogP contribution >= 0.6 is 0 Å². The molecule has 0 aliphatic heterocycles. The molecule has 0 spiro atoms. The lowest BCUT2D eigenvalue weighted by Crippen LogP contribution is -2.14. The molecule has 1 heterocycles. The van der Waals surface area contributed by atoms with Gasteiger partial charge in [0.2, 0.25) is 0 Å². The molecule has 1 rings (SSSR count). The van der Waals surface area contributed by atoms with Gasteiger partial charge in [-0.15, -0.1) is 0 Å². The molecule has 0 aliphatic rings. The number of aromatic nitrogens is 2. The average molecular weight is 194 g/mol. The predicted molar refractivity (Wildman–Crippen MR) is 58.2 cm³/mol.